The summed E-state index contributed by atoms with van der Waals surface area (Å²) in [6, 6.07) is 33.6. The summed E-state index contributed by atoms with van der Waals surface area (Å²) in [7, 11) is 0. The molecule has 4 aromatic carbocycles. The minimum absolute atomic E-state index is 0.110. The summed E-state index contributed by atoms with van der Waals surface area (Å²) >= 11 is 3.86. The Morgan fingerprint density at radius 1 is 0.612 bits per heavy atom. The number of benzene rings is 4. The minimum atomic E-state index is 0.110. The van der Waals surface area contributed by atoms with Crippen molar-refractivity contribution in [2.45, 2.75) is 34.6 Å². The van der Waals surface area contributed by atoms with Crippen molar-refractivity contribution in [2.75, 3.05) is 4.90 Å². The highest BCUT2D eigenvalue weighted by atomic mass is 32.2. The molecular formula is C43H32N4S2. The standard InChI is InChI=1S/C43H32N4S2/c1-3-27-25-33-35(26-28(27)4-2)47(34-23-24-38-40(39(33)34)49-37-18-12-11-17-36(37)48-38)32-21-19-31(20-22-32)43-45-41(29-13-7-5-8-14-29)44-42(46-43)30-15-9-6-10-16-30/h3-10,13-26,33,35H,1-2,11-12H2. The van der Waals surface area contributed by atoms with Crippen molar-refractivity contribution in [1.29, 1.82) is 0 Å². The number of nitrogens with zero attached hydrogens (tertiary/aromatic N) is 4. The van der Waals surface area contributed by atoms with Crippen LogP contribution in [0.2, 0.25) is 0 Å². The largest absolute Gasteiger partial charge is 0.333 e. The first-order valence-electron chi connectivity index (χ1n) is 16.6. The van der Waals surface area contributed by atoms with Gasteiger partial charge >= 0.3 is 0 Å². The van der Waals surface area contributed by atoms with Crippen LogP contribution in [-0.4, -0.2) is 21.0 Å². The number of fused-ring (bicyclic) bond motifs is 6. The lowest BCUT2D eigenvalue weighted by Crippen LogP contribution is -2.29. The average molecular weight is 669 g/mol. The molecule has 1 aromatic heterocycles. The Morgan fingerprint density at radius 3 is 1.76 bits per heavy atom. The summed E-state index contributed by atoms with van der Waals surface area (Å²) in [5, 5.41) is 0. The van der Waals surface area contributed by atoms with E-state index in [2.05, 4.69) is 78.8 Å². The number of allylic oxidation sites excluding steroid dienone is 6. The van der Waals surface area contributed by atoms with E-state index in [9.17, 15) is 0 Å². The van der Waals surface area contributed by atoms with E-state index in [-0.39, 0.29) is 12.0 Å². The van der Waals surface area contributed by atoms with Crippen LogP contribution < -0.4 is 4.90 Å². The van der Waals surface area contributed by atoms with Crippen molar-refractivity contribution in [3.63, 3.8) is 0 Å². The molecule has 2 aliphatic heterocycles. The van der Waals surface area contributed by atoms with E-state index in [0.29, 0.717) is 17.5 Å². The van der Waals surface area contributed by atoms with Gasteiger partial charge in [-0.05, 0) is 60.4 Å². The normalized spacial score (nSPS) is 18.9. The molecule has 2 atom stereocenters. The van der Waals surface area contributed by atoms with Crippen LogP contribution in [0.3, 0.4) is 0 Å². The first-order valence-corrected chi connectivity index (χ1v) is 18.2. The third-order valence-electron chi connectivity index (χ3n) is 9.48. The number of rotatable bonds is 6. The SMILES string of the molecule is C=CC1=CC2c3c(ccc4c3SC3=CCCC=C3S4)N(c3ccc(-c4nc(-c5ccccc5)nc(-c5ccccc5)n4)cc3)C2C=C1C=C. The molecule has 9 rings (SSSR count). The number of aromatic nitrogens is 3. The molecule has 0 amide bonds. The molecule has 4 nitrogen and oxygen atoms in total. The summed E-state index contributed by atoms with van der Waals surface area (Å²) in [6.45, 7) is 8.29. The third kappa shape index (κ3) is 5.23. The van der Waals surface area contributed by atoms with Gasteiger partial charge in [0.05, 0.1) is 6.04 Å². The van der Waals surface area contributed by atoms with Crippen LogP contribution in [0.1, 0.15) is 24.3 Å². The lowest BCUT2D eigenvalue weighted by molar-refractivity contribution is 0.728. The van der Waals surface area contributed by atoms with E-state index in [4.69, 9.17) is 15.0 Å². The van der Waals surface area contributed by atoms with Crippen molar-refractivity contribution in [3.05, 3.63) is 173 Å². The molecule has 6 heteroatoms. The van der Waals surface area contributed by atoms with Gasteiger partial charge < -0.3 is 4.90 Å². The van der Waals surface area contributed by atoms with Gasteiger partial charge in [-0.3, -0.25) is 0 Å². The van der Waals surface area contributed by atoms with Crippen LogP contribution in [0.5, 0.6) is 0 Å². The van der Waals surface area contributed by atoms with Crippen molar-refractivity contribution < 1.29 is 0 Å². The molecule has 0 bridgehead atoms. The van der Waals surface area contributed by atoms with Crippen molar-refractivity contribution in [1.82, 2.24) is 15.0 Å². The van der Waals surface area contributed by atoms with E-state index in [1.165, 1.54) is 30.9 Å². The van der Waals surface area contributed by atoms with Crippen LogP contribution in [0.15, 0.2) is 177 Å². The molecule has 0 saturated heterocycles. The zero-order valence-corrected chi connectivity index (χ0v) is 28.4. The van der Waals surface area contributed by atoms with Crippen molar-refractivity contribution in [2.24, 2.45) is 0 Å². The Morgan fingerprint density at radius 2 is 1.16 bits per heavy atom. The molecule has 2 aliphatic carbocycles. The molecule has 0 N–H and O–H groups in total. The van der Waals surface area contributed by atoms with Gasteiger partial charge in [0, 0.05) is 59.1 Å². The Bertz CT molecular complexity index is 2210. The highest BCUT2D eigenvalue weighted by Crippen LogP contribution is 2.60. The summed E-state index contributed by atoms with van der Waals surface area (Å²) in [5.41, 5.74) is 8.88. The quantitative estimate of drug-likeness (QED) is 0.179. The second-order valence-electron chi connectivity index (χ2n) is 12.4. The lowest BCUT2D eigenvalue weighted by Gasteiger charge is -2.31. The smallest absolute Gasteiger partial charge is 0.164 e. The second-order valence-corrected chi connectivity index (χ2v) is 14.5. The second kappa shape index (κ2) is 12.4. The Balaban J connectivity index is 1.15. The van der Waals surface area contributed by atoms with Crippen LogP contribution in [0, 0.1) is 0 Å². The maximum atomic E-state index is 4.96. The van der Waals surface area contributed by atoms with E-state index in [1.807, 2.05) is 96.3 Å². The predicted octanol–water partition coefficient (Wildman–Crippen LogP) is 11.5. The molecule has 3 heterocycles. The van der Waals surface area contributed by atoms with E-state index in [1.54, 1.807) is 0 Å². The third-order valence-corrected chi connectivity index (χ3v) is 12.2. The highest BCUT2D eigenvalue weighted by Gasteiger charge is 2.42. The zero-order chi connectivity index (χ0) is 32.9. The Kier molecular flexibility index (Phi) is 7.56. The fourth-order valence-electron chi connectivity index (χ4n) is 7.14. The molecule has 2 unspecified atom stereocenters. The number of hydrogen-bond donors (Lipinski definition) is 0. The van der Waals surface area contributed by atoms with Gasteiger partial charge in [0.25, 0.3) is 0 Å². The van der Waals surface area contributed by atoms with Crippen LogP contribution in [0.4, 0.5) is 11.4 Å². The van der Waals surface area contributed by atoms with Crippen LogP contribution in [0.25, 0.3) is 34.2 Å². The summed E-state index contributed by atoms with van der Waals surface area (Å²) in [6.07, 6.45) is 15.7. The molecule has 236 valence electrons. The van der Waals surface area contributed by atoms with E-state index < -0.39 is 0 Å². The molecule has 5 aromatic rings. The maximum absolute atomic E-state index is 4.96. The minimum Gasteiger partial charge on any atom is -0.333 e. The van der Waals surface area contributed by atoms with Crippen molar-refractivity contribution in [3.8, 4) is 34.2 Å². The fraction of sp³-hybridized carbons (Fsp3) is 0.0930. The number of thioether (sulfide) groups is 2. The van der Waals surface area contributed by atoms with Gasteiger partial charge in [-0.15, -0.1) is 0 Å². The van der Waals surface area contributed by atoms with Gasteiger partial charge in [0.15, 0.2) is 17.5 Å². The molecular weight excluding hydrogens is 637 g/mol. The number of anilines is 2. The topological polar surface area (TPSA) is 41.9 Å². The zero-order valence-electron chi connectivity index (χ0n) is 26.8. The van der Waals surface area contributed by atoms with E-state index >= 15 is 0 Å². The van der Waals surface area contributed by atoms with Gasteiger partial charge in [-0.1, -0.05) is 134 Å². The number of hydrogen-bond acceptors (Lipinski definition) is 6. The lowest BCUT2D eigenvalue weighted by atomic mass is 9.84. The predicted molar refractivity (Wildman–Crippen MR) is 205 cm³/mol. The Hall–Kier alpha value is -5.17. The van der Waals surface area contributed by atoms with Crippen molar-refractivity contribution >= 4 is 34.9 Å². The average Bonchev–Trinajstić information content (AvgIpc) is 3.50. The molecule has 49 heavy (non-hydrogen) atoms. The maximum Gasteiger partial charge on any atom is 0.164 e. The van der Waals surface area contributed by atoms with Gasteiger partial charge in [-0.25, -0.2) is 15.0 Å². The highest BCUT2D eigenvalue weighted by molar-refractivity contribution is 8.11. The molecule has 0 radical (unpaired) electrons. The van der Waals surface area contributed by atoms with Crippen LogP contribution >= 0.6 is 23.5 Å². The monoisotopic (exact) mass is 668 g/mol. The first-order chi connectivity index (χ1) is 24.2. The summed E-state index contributed by atoms with van der Waals surface area (Å²) in [4.78, 5) is 22.8. The summed E-state index contributed by atoms with van der Waals surface area (Å²) < 4.78 is 0. The first kappa shape index (κ1) is 29.9. The molecule has 0 saturated carbocycles. The molecule has 4 aliphatic rings. The van der Waals surface area contributed by atoms with E-state index in [0.717, 1.165) is 46.4 Å². The molecule has 0 fully saturated rings. The van der Waals surface area contributed by atoms with Crippen LogP contribution in [-0.2, 0) is 0 Å². The van der Waals surface area contributed by atoms with Gasteiger partial charge in [0.2, 0.25) is 0 Å². The fourth-order valence-corrected chi connectivity index (χ4v) is 9.73. The molecule has 0 spiro atoms. The van der Waals surface area contributed by atoms with Gasteiger partial charge in [0.1, 0.15) is 0 Å². The Labute approximate surface area is 295 Å². The van der Waals surface area contributed by atoms with Gasteiger partial charge in [-0.2, -0.15) is 0 Å². The summed E-state index contributed by atoms with van der Waals surface area (Å²) in [5.74, 6) is 2.15.